The molecule has 84 valence electrons. The summed E-state index contributed by atoms with van der Waals surface area (Å²) < 4.78 is 0. The molecule has 2 nitrogen and oxygen atoms in total. The number of benzene rings is 2. The molecule has 2 heterocycles. The van der Waals surface area contributed by atoms with Crippen LogP contribution in [0.25, 0.3) is 11.4 Å². The fourth-order valence-corrected chi connectivity index (χ4v) is 2.44. The molecule has 0 unspecified atom stereocenters. The molecule has 18 heavy (non-hydrogen) atoms. The van der Waals surface area contributed by atoms with Gasteiger partial charge in [0.15, 0.2) is 0 Å². The van der Waals surface area contributed by atoms with E-state index >= 15 is 0 Å². The van der Waals surface area contributed by atoms with Gasteiger partial charge >= 0.3 is 0 Å². The van der Waals surface area contributed by atoms with Gasteiger partial charge in [-0.05, 0) is 0 Å². The minimum atomic E-state index is 0.979. The van der Waals surface area contributed by atoms with E-state index in [1.54, 1.807) is 0 Å². The summed E-state index contributed by atoms with van der Waals surface area (Å²) in [5.74, 6) is 0. The summed E-state index contributed by atoms with van der Waals surface area (Å²) in [7, 11) is 0. The first-order chi connectivity index (χ1) is 8.93. The zero-order valence-corrected chi connectivity index (χ0v) is 9.67. The van der Waals surface area contributed by atoms with Crippen molar-refractivity contribution in [2.24, 2.45) is 9.98 Å². The molecule has 0 saturated carbocycles. The van der Waals surface area contributed by atoms with Gasteiger partial charge in [-0.25, -0.2) is 0 Å². The molecule has 2 aliphatic rings. The first-order valence-corrected chi connectivity index (χ1v) is 5.95. The Morgan fingerprint density at radius 1 is 0.556 bits per heavy atom. The van der Waals surface area contributed by atoms with Gasteiger partial charge in [-0.15, -0.1) is 0 Å². The predicted molar refractivity (Wildman–Crippen MR) is 74.9 cm³/mol. The maximum atomic E-state index is 4.53. The number of hydrogen-bond donors (Lipinski definition) is 0. The van der Waals surface area contributed by atoms with E-state index in [-0.39, 0.29) is 0 Å². The Morgan fingerprint density at radius 2 is 1.00 bits per heavy atom. The highest BCUT2D eigenvalue weighted by atomic mass is 14.9. The van der Waals surface area contributed by atoms with Crippen LogP contribution in [0.15, 0.2) is 58.5 Å². The standard InChI is InChI=1S/C16H10N2/c1-3-7-13-11(5-1)9-17-15(13)16-14-8-4-2-6-12(14)10-18-16/h1-10H/b16-15+. The second kappa shape index (κ2) is 3.50. The smallest absolute Gasteiger partial charge is 0.0971 e. The second-order valence-corrected chi connectivity index (χ2v) is 4.39. The van der Waals surface area contributed by atoms with Crippen molar-refractivity contribution in [2.75, 3.05) is 0 Å². The second-order valence-electron chi connectivity index (χ2n) is 4.39. The van der Waals surface area contributed by atoms with Crippen LogP contribution in [0.1, 0.15) is 22.3 Å². The molecule has 0 spiro atoms. The van der Waals surface area contributed by atoms with Crippen LogP contribution in [0, 0.1) is 0 Å². The van der Waals surface area contributed by atoms with Crippen LogP contribution in [0.4, 0.5) is 0 Å². The van der Waals surface area contributed by atoms with E-state index in [2.05, 4.69) is 34.3 Å². The maximum absolute atomic E-state index is 4.53. The molecule has 0 aliphatic carbocycles. The maximum Gasteiger partial charge on any atom is 0.0971 e. The SMILES string of the molecule is C1=N/C(=C2/N=Cc3ccccc32)c2ccccc21. The van der Waals surface area contributed by atoms with Gasteiger partial charge in [-0.1, -0.05) is 48.5 Å². The summed E-state index contributed by atoms with van der Waals surface area (Å²) in [5.41, 5.74) is 6.63. The molecule has 0 radical (unpaired) electrons. The summed E-state index contributed by atoms with van der Waals surface area (Å²) in [4.78, 5) is 9.05. The molecule has 2 heteroatoms. The zero-order valence-electron chi connectivity index (χ0n) is 9.67. The fraction of sp³-hybridized carbons (Fsp3) is 0. The molecule has 0 aromatic heterocycles. The van der Waals surface area contributed by atoms with Crippen LogP contribution < -0.4 is 0 Å². The third-order valence-electron chi connectivity index (χ3n) is 3.32. The molecule has 2 aromatic carbocycles. The van der Waals surface area contributed by atoms with Gasteiger partial charge in [0.25, 0.3) is 0 Å². The lowest BCUT2D eigenvalue weighted by molar-refractivity contribution is 1.50. The van der Waals surface area contributed by atoms with Crippen LogP contribution in [0.5, 0.6) is 0 Å². The molecule has 0 bridgehead atoms. The summed E-state index contributed by atoms with van der Waals surface area (Å²) in [5, 5.41) is 0. The molecule has 0 atom stereocenters. The lowest BCUT2D eigenvalue weighted by Gasteiger charge is -2.04. The van der Waals surface area contributed by atoms with Crippen LogP contribution in [-0.2, 0) is 0 Å². The molecule has 0 saturated heterocycles. The van der Waals surface area contributed by atoms with Gasteiger partial charge < -0.3 is 0 Å². The molecular formula is C16H10N2. The normalized spacial score (nSPS) is 19.1. The van der Waals surface area contributed by atoms with Gasteiger partial charge in [0.1, 0.15) is 0 Å². The van der Waals surface area contributed by atoms with E-state index in [0.717, 1.165) is 11.4 Å². The Balaban J connectivity index is 1.99. The highest BCUT2D eigenvalue weighted by molar-refractivity contribution is 6.10. The Morgan fingerprint density at radius 3 is 1.50 bits per heavy atom. The van der Waals surface area contributed by atoms with Crippen molar-refractivity contribution in [3.63, 3.8) is 0 Å². The average Bonchev–Trinajstić information content (AvgIpc) is 3.01. The Labute approximate surface area is 105 Å². The topological polar surface area (TPSA) is 24.7 Å². The summed E-state index contributed by atoms with van der Waals surface area (Å²) in [6.45, 7) is 0. The van der Waals surface area contributed by atoms with Crippen molar-refractivity contribution < 1.29 is 0 Å². The quantitative estimate of drug-likeness (QED) is 0.663. The largest absolute Gasteiger partial charge is 0.253 e. The van der Waals surface area contributed by atoms with Crippen molar-refractivity contribution in [3.05, 3.63) is 70.8 Å². The summed E-state index contributed by atoms with van der Waals surface area (Å²) in [6, 6.07) is 16.5. The zero-order chi connectivity index (χ0) is 11.9. The Bertz CT molecular complexity index is 673. The minimum Gasteiger partial charge on any atom is -0.253 e. The highest BCUT2D eigenvalue weighted by Gasteiger charge is 2.20. The first-order valence-electron chi connectivity index (χ1n) is 5.95. The highest BCUT2D eigenvalue weighted by Crippen LogP contribution is 2.36. The van der Waals surface area contributed by atoms with Gasteiger partial charge in [0, 0.05) is 34.7 Å². The average molecular weight is 230 g/mol. The van der Waals surface area contributed by atoms with Crippen LogP contribution in [0.2, 0.25) is 0 Å². The van der Waals surface area contributed by atoms with Crippen molar-refractivity contribution in [1.29, 1.82) is 0 Å². The number of aliphatic imine (C=N–C) groups is 2. The van der Waals surface area contributed by atoms with E-state index in [0.29, 0.717) is 0 Å². The molecule has 2 aromatic rings. The third kappa shape index (κ3) is 1.23. The van der Waals surface area contributed by atoms with E-state index in [9.17, 15) is 0 Å². The third-order valence-corrected chi connectivity index (χ3v) is 3.32. The predicted octanol–water partition coefficient (Wildman–Crippen LogP) is 3.38. The van der Waals surface area contributed by atoms with E-state index < -0.39 is 0 Å². The molecule has 0 amide bonds. The van der Waals surface area contributed by atoms with Gasteiger partial charge in [0.2, 0.25) is 0 Å². The molecule has 4 rings (SSSR count). The van der Waals surface area contributed by atoms with Crippen molar-refractivity contribution in [1.82, 2.24) is 0 Å². The summed E-state index contributed by atoms with van der Waals surface area (Å²) in [6.07, 6.45) is 3.82. The first kappa shape index (κ1) is 9.54. The van der Waals surface area contributed by atoms with Crippen LogP contribution in [-0.4, -0.2) is 12.4 Å². The van der Waals surface area contributed by atoms with Crippen molar-refractivity contribution in [3.8, 4) is 0 Å². The molecule has 0 fully saturated rings. The van der Waals surface area contributed by atoms with Crippen molar-refractivity contribution in [2.45, 2.75) is 0 Å². The number of nitrogens with zero attached hydrogens (tertiary/aromatic N) is 2. The van der Waals surface area contributed by atoms with Crippen molar-refractivity contribution >= 4 is 23.8 Å². The van der Waals surface area contributed by atoms with Gasteiger partial charge in [-0.2, -0.15) is 0 Å². The van der Waals surface area contributed by atoms with E-state index in [1.807, 2.05) is 36.7 Å². The number of rotatable bonds is 0. The Hall–Kier alpha value is -2.48. The van der Waals surface area contributed by atoms with E-state index in [1.165, 1.54) is 22.3 Å². The number of fused-ring (bicyclic) bond motifs is 2. The fourth-order valence-electron chi connectivity index (χ4n) is 2.44. The molecular weight excluding hydrogens is 220 g/mol. The van der Waals surface area contributed by atoms with Crippen LogP contribution in [0.3, 0.4) is 0 Å². The van der Waals surface area contributed by atoms with Crippen LogP contribution >= 0.6 is 0 Å². The monoisotopic (exact) mass is 230 g/mol. The molecule has 0 N–H and O–H groups in total. The van der Waals surface area contributed by atoms with E-state index in [4.69, 9.17) is 0 Å². The lowest BCUT2D eigenvalue weighted by atomic mass is 10.0. The number of hydrogen-bond acceptors (Lipinski definition) is 2. The summed E-state index contributed by atoms with van der Waals surface area (Å²) >= 11 is 0. The minimum absolute atomic E-state index is 0.979. The van der Waals surface area contributed by atoms with Gasteiger partial charge in [-0.3, -0.25) is 9.98 Å². The lowest BCUT2D eigenvalue weighted by Crippen LogP contribution is -1.86. The molecule has 2 aliphatic heterocycles. The Kier molecular flexibility index (Phi) is 1.86. The van der Waals surface area contributed by atoms with Gasteiger partial charge in [0.05, 0.1) is 11.4 Å².